The molecule has 0 unspecified atom stereocenters. The lowest BCUT2D eigenvalue weighted by atomic mass is 10.2. The zero-order chi connectivity index (χ0) is 22.3. The Kier molecular flexibility index (Phi) is 5.44. The van der Waals surface area contributed by atoms with Crippen molar-refractivity contribution >= 4 is 37.4 Å². The molecule has 3 heterocycles. The number of rotatable bonds is 4. The standard InChI is InChI=1S/C24H24N4O2S2/c1-17-8-9-18(2)22(14-17)32(29,30)28-12-10-27(11-13-28)23-20-15-21(19-6-4-3-5-7-19)31-24(20)26-16-25-23/h3-9,14-16H,10-13H2,1-2H3. The van der Waals surface area contributed by atoms with Crippen LogP contribution < -0.4 is 4.90 Å². The zero-order valence-electron chi connectivity index (χ0n) is 18.0. The fourth-order valence-electron chi connectivity index (χ4n) is 4.10. The van der Waals surface area contributed by atoms with Crippen molar-refractivity contribution in [2.75, 3.05) is 31.1 Å². The van der Waals surface area contributed by atoms with Gasteiger partial charge in [0.25, 0.3) is 0 Å². The number of piperazine rings is 1. The van der Waals surface area contributed by atoms with Crippen LogP contribution in [-0.2, 0) is 10.0 Å². The van der Waals surface area contributed by atoms with Crippen molar-refractivity contribution in [3.8, 4) is 10.4 Å². The van der Waals surface area contributed by atoms with Gasteiger partial charge in [-0.3, -0.25) is 0 Å². The Labute approximate surface area is 192 Å². The number of benzene rings is 2. The second-order valence-corrected chi connectivity index (χ2v) is 11.0. The fourth-order valence-corrected chi connectivity index (χ4v) is 6.84. The Balaban J connectivity index is 1.40. The predicted octanol–water partition coefficient (Wildman–Crippen LogP) is 4.49. The Morgan fingerprint density at radius 2 is 1.66 bits per heavy atom. The van der Waals surface area contributed by atoms with Gasteiger partial charge in [-0.05, 0) is 42.7 Å². The molecule has 0 saturated carbocycles. The number of aromatic nitrogens is 2. The van der Waals surface area contributed by atoms with Crippen LogP contribution >= 0.6 is 11.3 Å². The number of aryl methyl sites for hydroxylation is 2. The molecule has 1 aliphatic heterocycles. The Bertz CT molecular complexity index is 1380. The van der Waals surface area contributed by atoms with E-state index in [1.807, 2.05) is 44.2 Å². The molecule has 0 spiro atoms. The van der Waals surface area contributed by atoms with Gasteiger partial charge < -0.3 is 4.90 Å². The maximum atomic E-state index is 13.3. The minimum Gasteiger partial charge on any atom is -0.353 e. The van der Waals surface area contributed by atoms with E-state index in [-0.39, 0.29) is 0 Å². The van der Waals surface area contributed by atoms with E-state index in [1.54, 1.807) is 28.0 Å². The van der Waals surface area contributed by atoms with Gasteiger partial charge in [0.1, 0.15) is 17.0 Å². The normalized spacial score (nSPS) is 15.4. The van der Waals surface area contributed by atoms with Crippen LogP contribution in [-0.4, -0.2) is 48.9 Å². The smallest absolute Gasteiger partial charge is 0.243 e. The molecule has 32 heavy (non-hydrogen) atoms. The third-order valence-electron chi connectivity index (χ3n) is 5.87. The van der Waals surface area contributed by atoms with Gasteiger partial charge in [0.2, 0.25) is 10.0 Å². The predicted molar refractivity (Wildman–Crippen MR) is 130 cm³/mol. The number of nitrogens with zero attached hydrogens (tertiary/aromatic N) is 4. The van der Waals surface area contributed by atoms with Crippen molar-refractivity contribution in [3.63, 3.8) is 0 Å². The minimum atomic E-state index is -3.52. The van der Waals surface area contributed by atoms with Crippen molar-refractivity contribution in [2.24, 2.45) is 0 Å². The van der Waals surface area contributed by atoms with Gasteiger partial charge in [-0.2, -0.15) is 4.31 Å². The highest BCUT2D eigenvalue weighted by Gasteiger charge is 2.30. The number of hydrogen-bond acceptors (Lipinski definition) is 6. The molecule has 1 fully saturated rings. The average Bonchev–Trinajstić information content (AvgIpc) is 3.26. The van der Waals surface area contributed by atoms with E-state index in [4.69, 9.17) is 0 Å². The number of anilines is 1. The van der Waals surface area contributed by atoms with Gasteiger partial charge in [0, 0.05) is 31.1 Å². The summed E-state index contributed by atoms with van der Waals surface area (Å²) in [4.78, 5) is 13.7. The van der Waals surface area contributed by atoms with E-state index in [1.165, 1.54) is 0 Å². The molecule has 0 N–H and O–H groups in total. The molecule has 8 heteroatoms. The average molecular weight is 465 g/mol. The van der Waals surface area contributed by atoms with E-state index in [2.05, 4.69) is 33.1 Å². The zero-order valence-corrected chi connectivity index (χ0v) is 19.7. The Morgan fingerprint density at radius 3 is 2.41 bits per heavy atom. The molecular formula is C24H24N4O2S2. The highest BCUT2D eigenvalue weighted by Crippen LogP contribution is 2.36. The molecule has 2 aromatic heterocycles. The van der Waals surface area contributed by atoms with Crippen LogP contribution in [0.5, 0.6) is 0 Å². The monoisotopic (exact) mass is 464 g/mol. The summed E-state index contributed by atoms with van der Waals surface area (Å²) in [6, 6.07) is 18.0. The van der Waals surface area contributed by atoms with Crippen LogP contribution in [0.3, 0.4) is 0 Å². The van der Waals surface area contributed by atoms with Crippen LogP contribution in [0.25, 0.3) is 20.7 Å². The largest absolute Gasteiger partial charge is 0.353 e. The maximum Gasteiger partial charge on any atom is 0.243 e. The van der Waals surface area contributed by atoms with Crippen LogP contribution in [0.2, 0.25) is 0 Å². The van der Waals surface area contributed by atoms with Gasteiger partial charge >= 0.3 is 0 Å². The molecule has 4 aromatic rings. The third-order valence-corrected chi connectivity index (χ3v) is 9.00. The van der Waals surface area contributed by atoms with E-state index in [0.29, 0.717) is 31.1 Å². The van der Waals surface area contributed by atoms with Crippen molar-refractivity contribution in [1.82, 2.24) is 14.3 Å². The lowest BCUT2D eigenvalue weighted by Gasteiger charge is -2.35. The van der Waals surface area contributed by atoms with Crippen molar-refractivity contribution in [2.45, 2.75) is 18.7 Å². The summed E-state index contributed by atoms with van der Waals surface area (Å²) in [6.45, 7) is 5.80. The molecule has 164 valence electrons. The SMILES string of the molecule is Cc1ccc(C)c(S(=O)(=O)N2CCN(c3ncnc4sc(-c5ccccc5)cc34)CC2)c1. The minimum absolute atomic E-state index is 0.403. The quantitative estimate of drug-likeness (QED) is 0.445. The molecule has 0 amide bonds. The maximum absolute atomic E-state index is 13.3. The molecule has 0 aliphatic carbocycles. The van der Waals surface area contributed by atoms with Crippen LogP contribution in [0.15, 0.2) is 65.8 Å². The van der Waals surface area contributed by atoms with Gasteiger partial charge in [0.15, 0.2) is 0 Å². The molecular weight excluding hydrogens is 440 g/mol. The van der Waals surface area contributed by atoms with E-state index < -0.39 is 10.0 Å². The molecule has 5 rings (SSSR count). The van der Waals surface area contributed by atoms with Crippen molar-refractivity contribution < 1.29 is 8.42 Å². The highest BCUT2D eigenvalue weighted by atomic mass is 32.2. The lowest BCUT2D eigenvalue weighted by molar-refractivity contribution is 0.384. The Hall–Kier alpha value is -2.81. The molecule has 0 radical (unpaired) electrons. The number of thiophene rings is 1. The number of sulfonamides is 1. The molecule has 0 bridgehead atoms. The summed E-state index contributed by atoms with van der Waals surface area (Å²) in [5, 5.41) is 1.02. The summed E-state index contributed by atoms with van der Waals surface area (Å²) < 4.78 is 28.1. The molecule has 6 nitrogen and oxygen atoms in total. The Morgan fingerprint density at radius 1 is 0.906 bits per heavy atom. The number of hydrogen-bond donors (Lipinski definition) is 0. The first-order chi connectivity index (χ1) is 15.4. The summed E-state index contributed by atoms with van der Waals surface area (Å²) in [7, 11) is -3.52. The molecule has 1 saturated heterocycles. The molecule has 2 aromatic carbocycles. The van der Waals surface area contributed by atoms with Gasteiger partial charge in [0.05, 0.1) is 10.3 Å². The number of fused-ring (bicyclic) bond motifs is 1. The first kappa shape index (κ1) is 21.1. The first-order valence-electron chi connectivity index (χ1n) is 10.6. The fraction of sp³-hybridized carbons (Fsp3) is 0.250. The summed E-state index contributed by atoms with van der Waals surface area (Å²) in [6.07, 6.45) is 1.60. The third kappa shape index (κ3) is 3.79. The topological polar surface area (TPSA) is 66.4 Å². The van der Waals surface area contributed by atoms with E-state index in [9.17, 15) is 8.42 Å². The van der Waals surface area contributed by atoms with Gasteiger partial charge in [-0.25, -0.2) is 18.4 Å². The van der Waals surface area contributed by atoms with E-state index >= 15 is 0 Å². The second kappa shape index (κ2) is 8.27. The van der Waals surface area contributed by atoms with Gasteiger partial charge in [-0.1, -0.05) is 42.5 Å². The van der Waals surface area contributed by atoms with Crippen LogP contribution in [0, 0.1) is 13.8 Å². The van der Waals surface area contributed by atoms with Crippen LogP contribution in [0.1, 0.15) is 11.1 Å². The molecule has 0 atom stereocenters. The van der Waals surface area contributed by atoms with Crippen LogP contribution in [0.4, 0.5) is 5.82 Å². The summed E-state index contributed by atoms with van der Waals surface area (Å²) in [5.74, 6) is 0.872. The molecule has 1 aliphatic rings. The van der Waals surface area contributed by atoms with Crippen molar-refractivity contribution in [3.05, 3.63) is 72.1 Å². The second-order valence-electron chi connectivity index (χ2n) is 8.05. The summed E-state index contributed by atoms with van der Waals surface area (Å²) in [5.41, 5.74) is 2.89. The van der Waals surface area contributed by atoms with Gasteiger partial charge in [-0.15, -0.1) is 11.3 Å². The van der Waals surface area contributed by atoms with E-state index in [0.717, 1.165) is 37.6 Å². The highest BCUT2D eigenvalue weighted by molar-refractivity contribution is 7.89. The van der Waals surface area contributed by atoms with Crippen molar-refractivity contribution in [1.29, 1.82) is 0 Å². The lowest BCUT2D eigenvalue weighted by Crippen LogP contribution is -2.49. The first-order valence-corrected chi connectivity index (χ1v) is 12.8. The summed E-state index contributed by atoms with van der Waals surface area (Å²) >= 11 is 1.65.